The molecule has 7 nitrogen and oxygen atoms in total. The van der Waals surface area contributed by atoms with Gasteiger partial charge in [0.1, 0.15) is 0 Å². The van der Waals surface area contributed by atoms with Crippen molar-refractivity contribution in [1.82, 2.24) is 14.3 Å². The second-order valence-electron chi connectivity index (χ2n) is 6.91. The van der Waals surface area contributed by atoms with Crippen LogP contribution in [0.15, 0.2) is 34.0 Å². The van der Waals surface area contributed by atoms with Gasteiger partial charge < -0.3 is 4.90 Å². The van der Waals surface area contributed by atoms with E-state index in [4.69, 9.17) is 0 Å². The molecule has 0 atom stereocenters. The zero-order valence-corrected chi connectivity index (χ0v) is 15.6. The summed E-state index contributed by atoms with van der Waals surface area (Å²) in [5.41, 5.74) is 1.93. The number of aromatic nitrogens is 2. The van der Waals surface area contributed by atoms with E-state index >= 15 is 0 Å². The molecule has 0 spiro atoms. The summed E-state index contributed by atoms with van der Waals surface area (Å²) in [7, 11) is -3.62. The van der Waals surface area contributed by atoms with E-state index in [2.05, 4.69) is 14.9 Å². The first-order valence-electron chi connectivity index (χ1n) is 8.89. The predicted octanol–water partition coefficient (Wildman–Crippen LogP) is 1.43. The average molecular weight is 374 g/mol. The summed E-state index contributed by atoms with van der Waals surface area (Å²) in [5, 5.41) is 0. The SMILES string of the molecule is Cc1ccc(S(=O)(=O)N2CCc3nc(N4CCCC4)[nH]c(=O)c3C2)cc1. The van der Waals surface area contributed by atoms with Crippen molar-refractivity contribution in [3.05, 3.63) is 51.4 Å². The van der Waals surface area contributed by atoms with Crippen LogP contribution in [0.25, 0.3) is 0 Å². The van der Waals surface area contributed by atoms with Crippen LogP contribution in [0, 0.1) is 6.92 Å². The lowest BCUT2D eigenvalue weighted by Crippen LogP contribution is -2.40. The van der Waals surface area contributed by atoms with Crippen LogP contribution in [0.4, 0.5) is 5.95 Å². The Morgan fingerprint density at radius 2 is 1.77 bits per heavy atom. The molecule has 26 heavy (non-hydrogen) atoms. The van der Waals surface area contributed by atoms with Gasteiger partial charge in [0.25, 0.3) is 5.56 Å². The van der Waals surface area contributed by atoms with Crippen LogP contribution >= 0.6 is 0 Å². The average Bonchev–Trinajstić information content (AvgIpc) is 3.16. The molecule has 2 aliphatic heterocycles. The highest BCUT2D eigenvalue weighted by Crippen LogP contribution is 2.24. The second-order valence-corrected chi connectivity index (χ2v) is 8.85. The fourth-order valence-electron chi connectivity index (χ4n) is 3.53. The van der Waals surface area contributed by atoms with Gasteiger partial charge in [-0.2, -0.15) is 4.31 Å². The number of aryl methyl sites for hydroxylation is 1. The van der Waals surface area contributed by atoms with Gasteiger partial charge in [0.2, 0.25) is 16.0 Å². The summed E-state index contributed by atoms with van der Waals surface area (Å²) in [6.07, 6.45) is 2.65. The van der Waals surface area contributed by atoms with E-state index in [-0.39, 0.29) is 17.0 Å². The fourth-order valence-corrected chi connectivity index (χ4v) is 4.94. The van der Waals surface area contributed by atoms with Gasteiger partial charge in [0.15, 0.2) is 0 Å². The Morgan fingerprint density at radius 3 is 2.46 bits per heavy atom. The maximum Gasteiger partial charge on any atom is 0.257 e. The first-order chi connectivity index (χ1) is 12.4. The molecule has 1 N–H and O–H groups in total. The van der Waals surface area contributed by atoms with Gasteiger partial charge in [-0.25, -0.2) is 13.4 Å². The first-order valence-corrected chi connectivity index (χ1v) is 10.3. The van der Waals surface area contributed by atoms with Crippen molar-refractivity contribution in [2.45, 2.75) is 37.6 Å². The third-order valence-corrected chi connectivity index (χ3v) is 6.94. The van der Waals surface area contributed by atoms with E-state index in [1.807, 2.05) is 6.92 Å². The molecule has 1 fully saturated rings. The van der Waals surface area contributed by atoms with Gasteiger partial charge in [-0.3, -0.25) is 9.78 Å². The highest BCUT2D eigenvalue weighted by Gasteiger charge is 2.31. The van der Waals surface area contributed by atoms with E-state index < -0.39 is 10.0 Å². The van der Waals surface area contributed by atoms with Crippen LogP contribution in [0.1, 0.15) is 29.7 Å². The molecule has 138 valence electrons. The predicted molar refractivity (Wildman–Crippen MR) is 98.8 cm³/mol. The molecule has 0 saturated carbocycles. The Morgan fingerprint density at radius 1 is 1.08 bits per heavy atom. The number of sulfonamides is 1. The molecule has 2 aliphatic rings. The summed E-state index contributed by atoms with van der Waals surface area (Å²) in [4.78, 5) is 22.3. The number of aromatic amines is 1. The minimum atomic E-state index is -3.62. The third kappa shape index (κ3) is 3.03. The van der Waals surface area contributed by atoms with E-state index in [1.54, 1.807) is 24.3 Å². The normalized spacial score (nSPS) is 18.1. The molecule has 0 radical (unpaired) electrons. The number of nitrogens with zero attached hydrogens (tertiary/aromatic N) is 3. The van der Waals surface area contributed by atoms with E-state index in [9.17, 15) is 13.2 Å². The van der Waals surface area contributed by atoms with Gasteiger partial charge >= 0.3 is 0 Å². The zero-order chi connectivity index (χ0) is 18.3. The lowest BCUT2D eigenvalue weighted by Gasteiger charge is -2.28. The summed E-state index contributed by atoms with van der Waals surface area (Å²) < 4.78 is 27.1. The number of hydrogen-bond acceptors (Lipinski definition) is 5. The molecule has 1 aromatic heterocycles. The van der Waals surface area contributed by atoms with Gasteiger partial charge in [0, 0.05) is 32.6 Å². The summed E-state index contributed by atoms with van der Waals surface area (Å²) in [6.45, 7) is 4.11. The molecule has 1 aromatic carbocycles. The minimum Gasteiger partial charge on any atom is -0.342 e. The Kier molecular flexibility index (Phi) is 4.32. The molecule has 8 heteroatoms. The molecule has 1 saturated heterocycles. The van der Waals surface area contributed by atoms with Crippen molar-refractivity contribution >= 4 is 16.0 Å². The molecule has 3 heterocycles. The van der Waals surface area contributed by atoms with E-state index in [1.165, 1.54) is 4.31 Å². The molecule has 0 aliphatic carbocycles. The first kappa shape index (κ1) is 17.2. The van der Waals surface area contributed by atoms with E-state index in [0.717, 1.165) is 31.5 Å². The van der Waals surface area contributed by atoms with Crippen molar-refractivity contribution in [3.63, 3.8) is 0 Å². The number of anilines is 1. The Hall–Kier alpha value is -2.19. The molecular formula is C18H22N4O3S. The quantitative estimate of drug-likeness (QED) is 0.878. The molecule has 0 unspecified atom stereocenters. The van der Waals surface area contributed by atoms with Crippen LogP contribution in [-0.4, -0.2) is 42.3 Å². The van der Waals surface area contributed by atoms with Crippen LogP contribution in [0.5, 0.6) is 0 Å². The Bertz CT molecular complexity index is 976. The van der Waals surface area contributed by atoms with Crippen LogP contribution in [-0.2, 0) is 23.0 Å². The van der Waals surface area contributed by atoms with Crippen LogP contribution in [0.3, 0.4) is 0 Å². The maximum atomic E-state index is 12.9. The Balaban J connectivity index is 1.63. The summed E-state index contributed by atoms with van der Waals surface area (Å²) in [5.74, 6) is 0.612. The van der Waals surface area contributed by atoms with Gasteiger partial charge in [-0.05, 0) is 31.9 Å². The summed E-state index contributed by atoms with van der Waals surface area (Å²) >= 11 is 0. The topological polar surface area (TPSA) is 86.4 Å². The van der Waals surface area contributed by atoms with Gasteiger partial charge in [0.05, 0.1) is 16.2 Å². The largest absolute Gasteiger partial charge is 0.342 e. The highest BCUT2D eigenvalue weighted by molar-refractivity contribution is 7.89. The molecular weight excluding hydrogens is 352 g/mol. The lowest BCUT2D eigenvalue weighted by molar-refractivity contribution is 0.385. The zero-order valence-electron chi connectivity index (χ0n) is 14.7. The smallest absolute Gasteiger partial charge is 0.257 e. The van der Waals surface area contributed by atoms with Crippen molar-refractivity contribution in [2.24, 2.45) is 0 Å². The van der Waals surface area contributed by atoms with Crippen molar-refractivity contribution in [3.8, 4) is 0 Å². The number of fused-ring (bicyclic) bond motifs is 1. The van der Waals surface area contributed by atoms with Gasteiger partial charge in [-0.1, -0.05) is 17.7 Å². The maximum absolute atomic E-state index is 12.9. The fraction of sp³-hybridized carbons (Fsp3) is 0.444. The number of nitrogens with one attached hydrogen (secondary N) is 1. The summed E-state index contributed by atoms with van der Waals surface area (Å²) in [6, 6.07) is 6.78. The molecule has 0 bridgehead atoms. The third-order valence-electron chi connectivity index (χ3n) is 5.09. The van der Waals surface area contributed by atoms with E-state index in [0.29, 0.717) is 30.2 Å². The monoisotopic (exact) mass is 374 g/mol. The molecule has 2 aromatic rings. The molecule has 0 amide bonds. The second kappa shape index (κ2) is 6.51. The van der Waals surface area contributed by atoms with Crippen molar-refractivity contribution < 1.29 is 8.42 Å². The Labute approximate surface area is 152 Å². The van der Waals surface area contributed by atoms with Crippen LogP contribution < -0.4 is 10.5 Å². The minimum absolute atomic E-state index is 0.0636. The van der Waals surface area contributed by atoms with Crippen LogP contribution in [0.2, 0.25) is 0 Å². The van der Waals surface area contributed by atoms with Crippen molar-refractivity contribution in [1.29, 1.82) is 0 Å². The standard InChI is InChI=1S/C18H22N4O3S/c1-13-4-6-14(7-5-13)26(24,25)22-11-8-16-15(12-22)17(23)20-18(19-16)21-9-2-3-10-21/h4-7H,2-3,8-12H2,1H3,(H,19,20,23). The van der Waals surface area contributed by atoms with Crippen molar-refractivity contribution in [2.75, 3.05) is 24.5 Å². The number of hydrogen-bond donors (Lipinski definition) is 1. The number of benzene rings is 1. The number of H-pyrrole nitrogens is 1. The molecule has 4 rings (SSSR count). The number of rotatable bonds is 3. The lowest BCUT2D eigenvalue weighted by atomic mass is 10.1. The highest BCUT2D eigenvalue weighted by atomic mass is 32.2. The van der Waals surface area contributed by atoms with Gasteiger partial charge in [-0.15, -0.1) is 0 Å².